The minimum atomic E-state index is -0.572. The van der Waals surface area contributed by atoms with Crippen molar-refractivity contribution >= 4 is 17.1 Å². The summed E-state index contributed by atoms with van der Waals surface area (Å²) < 4.78 is 17.2. The number of nitrogens with one attached hydrogen (secondary N) is 2. The molecule has 0 aliphatic carbocycles. The Kier molecular flexibility index (Phi) is 6.43. The maximum atomic E-state index is 13.5. The van der Waals surface area contributed by atoms with Gasteiger partial charge in [-0.15, -0.1) is 0 Å². The van der Waals surface area contributed by atoms with E-state index >= 15 is 0 Å². The number of benzene rings is 1. The monoisotopic (exact) mass is 457 g/mol. The Balaban J connectivity index is 1.32. The van der Waals surface area contributed by atoms with E-state index in [0.717, 1.165) is 29.4 Å². The Morgan fingerprint density at radius 3 is 2.82 bits per heavy atom. The average molecular weight is 458 g/mol. The third-order valence-electron chi connectivity index (χ3n) is 6.20. The second kappa shape index (κ2) is 9.28. The molecule has 2 atom stereocenters. The highest BCUT2D eigenvalue weighted by Gasteiger charge is 2.25. The molecule has 3 heterocycles. The summed E-state index contributed by atoms with van der Waals surface area (Å²) in [5, 5.41) is 0. The standard InChI is InChI=1S/C22H28FN7O3/c1-27(9-5-8-16-11-17(26-25-16)14-6-4-7-15(23)10-14)18(31)12-30-21(32)19-20(24-13-28(19)2)29(3)22(30)33/h4,6-7,10,13,16-17,25-26H,5,8-9,11-12H2,1-3H3. The third kappa shape index (κ3) is 4.60. The van der Waals surface area contributed by atoms with Gasteiger partial charge in [0.15, 0.2) is 11.2 Å². The SMILES string of the molecule is CN(CCCC1CC(c2cccc(F)c2)NN1)C(=O)Cn1c(=O)c2c(ncn2C)n(C)c1=O. The number of fused-ring (bicyclic) bond motifs is 1. The lowest BCUT2D eigenvalue weighted by atomic mass is 9.99. The van der Waals surface area contributed by atoms with Gasteiger partial charge in [0.1, 0.15) is 12.4 Å². The van der Waals surface area contributed by atoms with E-state index in [4.69, 9.17) is 0 Å². The molecule has 176 valence electrons. The van der Waals surface area contributed by atoms with Gasteiger partial charge in [0.2, 0.25) is 5.91 Å². The number of rotatable bonds is 7. The van der Waals surface area contributed by atoms with E-state index in [1.165, 1.54) is 35.0 Å². The highest BCUT2D eigenvalue weighted by atomic mass is 19.1. The Bertz CT molecular complexity index is 1300. The molecule has 2 unspecified atom stereocenters. The van der Waals surface area contributed by atoms with Gasteiger partial charge in [-0.05, 0) is 37.0 Å². The smallest absolute Gasteiger partial charge is 0.332 e. The van der Waals surface area contributed by atoms with Gasteiger partial charge in [0, 0.05) is 39.8 Å². The number of carbonyl (C=O) groups excluding carboxylic acids is 1. The fourth-order valence-electron chi connectivity index (χ4n) is 4.24. The predicted octanol–water partition coefficient (Wildman–Crippen LogP) is 0.419. The summed E-state index contributed by atoms with van der Waals surface area (Å²) >= 11 is 0. The number of carbonyl (C=O) groups is 1. The number of nitrogens with zero attached hydrogens (tertiary/aromatic N) is 5. The molecule has 33 heavy (non-hydrogen) atoms. The van der Waals surface area contributed by atoms with Gasteiger partial charge in [-0.2, -0.15) is 0 Å². The minimum absolute atomic E-state index is 0.0371. The molecule has 0 bridgehead atoms. The molecule has 1 fully saturated rings. The molecule has 11 heteroatoms. The molecular formula is C22H28FN7O3. The predicted molar refractivity (Wildman–Crippen MR) is 121 cm³/mol. The van der Waals surface area contributed by atoms with E-state index in [9.17, 15) is 18.8 Å². The molecule has 4 rings (SSSR count). The van der Waals surface area contributed by atoms with Gasteiger partial charge >= 0.3 is 5.69 Å². The first-order valence-corrected chi connectivity index (χ1v) is 10.9. The molecule has 0 spiro atoms. The molecule has 0 radical (unpaired) electrons. The van der Waals surface area contributed by atoms with Gasteiger partial charge < -0.3 is 9.47 Å². The molecule has 2 aromatic heterocycles. The van der Waals surface area contributed by atoms with Crippen LogP contribution in [0.4, 0.5) is 4.39 Å². The second-order valence-electron chi connectivity index (χ2n) is 8.55. The number of aromatic nitrogens is 4. The first kappa shape index (κ1) is 22.9. The second-order valence-corrected chi connectivity index (χ2v) is 8.55. The van der Waals surface area contributed by atoms with Crippen LogP contribution in [0.25, 0.3) is 11.2 Å². The molecule has 10 nitrogen and oxygen atoms in total. The lowest BCUT2D eigenvalue weighted by Gasteiger charge is -2.19. The molecular weight excluding hydrogens is 429 g/mol. The zero-order valence-corrected chi connectivity index (χ0v) is 18.9. The fourth-order valence-corrected chi connectivity index (χ4v) is 4.24. The van der Waals surface area contributed by atoms with E-state index in [2.05, 4.69) is 15.8 Å². The van der Waals surface area contributed by atoms with Crippen LogP contribution < -0.4 is 22.1 Å². The molecule has 1 saturated heterocycles. The number of likely N-dealkylation sites (N-methyl/N-ethyl adjacent to an activating group) is 1. The number of hydrazine groups is 1. The van der Waals surface area contributed by atoms with Crippen LogP contribution in [0.3, 0.4) is 0 Å². The number of aryl methyl sites for hydroxylation is 2. The highest BCUT2D eigenvalue weighted by molar-refractivity contribution is 5.76. The molecule has 1 aliphatic heterocycles. The maximum absolute atomic E-state index is 13.5. The van der Waals surface area contributed by atoms with Crippen LogP contribution in [0.1, 0.15) is 30.9 Å². The van der Waals surface area contributed by atoms with Gasteiger partial charge in [-0.1, -0.05) is 12.1 Å². The minimum Gasteiger partial charge on any atom is -0.344 e. The van der Waals surface area contributed by atoms with Gasteiger partial charge in [-0.3, -0.25) is 25.0 Å². The third-order valence-corrected chi connectivity index (χ3v) is 6.20. The Labute approximate surface area is 189 Å². The van der Waals surface area contributed by atoms with Gasteiger partial charge in [-0.25, -0.2) is 18.7 Å². The van der Waals surface area contributed by atoms with Crippen molar-refractivity contribution < 1.29 is 9.18 Å². The van der Waals surface area contributed by atoms with Crippen molar-refractivity contribution in [1.29, 1.82) is 0 Å². The molecule has 2 N–H and O–H groups in total. The van der Waals surface area contributed by atoms with Gasteiger partial charge in [0.05, 0.1) is 6.33 Å². The van der Waals surface area contributed by atoms with Crippen molar-refractivity contribution in [3.05, 3.63) is 62.8 Å². The summed E-state index contributed by atoms with van der Waals surface area (Å²) in [6, 6.07) is 6.79. The Morgan fingerprint density at radius 1 is 1.27 bits per heavy atom. The van der Waals surface area contributed by atoms with E-state index in [-0.39, 0.29) is 35.9 Å². The summed E-state index contributed by atoms with van der Waals surface area (Å²) in [6.45, 7) is 0.165. The number of halogens is 1. The quantitative estimate of drug-likeness (QED) is 0.533. The van der Waals surface area contributed by atoms with Crippen molar-refractivity contribution in [2.75, 3.05) is 13.6 Å². The average Bonchev–Trinajstić information content (AvgIpc) is 3.42. The van der Waals surface area contributed by atoms with E-state index in [0.29, 0.717) is 12.2 Å². The van der Waals surface area contributed by atoms with Crippen LogP contribution in [0, 0.1) is 5.82 Å². The molecule has 0 saturated carbocycles. The lowest BCUT2D eigenvalue weighted by Crippen LogP contribution is -2.44. The summed E-state index contributed by atoms with van der Waals surface area (Å²) in [4.78, 5) is 43.7. The Hall–Kier alpha value is -3.31. The van der Waals surface area contributed by atoms with Crippen LogP contribution in [0.2, 0.25) is 0 Å². The zero-order valence-electron chi connectivity index (χ0n) is 18.9. The summed E-state index contributed by atoms with van der Waals surface area (Å²) in [7, 11) is 4.86. The van der Waals surface area contributed by atoms with Crippen LogP contribution in [0.15, 0.2) is 40.2 Å². The van der Waals surface area contributed by atoms with Crippen molar-refractivity contribution in [1.82, 2.24) is 34.4 Å². The van der Waals surface area contributed by atoms with Crippen LogP contribution >= 0.6 is 0 Å². The molecule has 3 aromatic rings. The Morgan fingerprint density at radius 2 is 2.06 bits per heavy atom. The van der Waals surface area contributed by atoms with Crippen LogP contribution in [-0.2, 0) is 25.4 Å². The van der Waals surface area contributed by atoms with E-state index in [1.54, 1.807) is 24.7 Å². The van der Waals surface area contributed by atoms with Crippen LogP contribution in [0.5, 0.6) is 0 Å². The summed E-state index contributed by atoms with van der Waals surface area (Å²) in [5.41, 5.74) is 6.80. The van der Waals surface area contributed by atoms with Crippen molar-refractivity contribution in [2.45, 2.75) is 37.9 Å². The first-order valence-electron chi connectivity index (χ1n) is 10.9. The largest absolute Gasteiger partial charge is 0.344 e. The zero-order chi connectivity index (χ0) is 23.7. The summed E-state index contributed by atoms with van der Waals surface area (Å²) in [6.07, 6.45) is 3.84. The van der Waals surface area contributed by atoms with Gasteiger partial charge in [0.25, 0.3) is 5.56 Å². The number of hydrogen-bond donors (Lipinski definition) is 2. The van der Waals surface area contributed by atoms with Crippen LogP contribution in [-0.4, -0.2) is 49.1 Å². The van der Waals surface area contributed by atoms with Crippen molar-refractivity contribution in [3.63, 3.8) is 0 Å². The number of hydrogen-bond acceptors (Lipinski definition) is 6. The van der Waals surface area contributed by atoms with E-state index in [1.807, 2.05) is 6.07 Å². The van der Waals surface area contributed by atoms with E-state index < -0.39 is 11.2 Å². The molecule has 1 amide bonds. The molecule has 1 aromatic carbocycles. The maximum Gasteiger partial charge on any atom is 0.332 e. The summed E-state index contributed by atoms with van der Waals surface area (Å²) in [5.74, 6) is -0.569. The lowest BCUT2D eigenvalue weighted by molar-refractivity contribution is -0.130. The number of imidazole rings is 1. The van der Waals surface area contributed by atoms with Crippen molar-refractivity contribution in [3.8, 4) is 0 Å². The topological polar surface area (TPSA) is 106 Å². The fraction of sp³-hybridized carbons (Fsp3) is 0.455. The highest BCUT2D eigenvalue weighted by Crippen LogP contribution is 2.24. The number of amides is 1. The molecule has 1 aliphatic rings. The van der Waals surface area contributed by atoms with Crippen molar-refractivity contribution in [2.24, 2.45) is 14.1 Å². The first-order chi connectivity index (χ1) is 15.8. The normalized spacial score (nSPS) is 18.2.